The van der Waals surface area contributed by atoms with Crippen LogP contribution in [-0.4, -0.2) is 29.9 Å². The van der Waals surface area contributed by atoms with E-state index in [1.807, 2.05) is 35.7 Å². The molecule has 0 bridgehead atoms. The summed E-state index contributed by atoms with van der Waals surface area (Å²) in [6.45, 7) is 4.42. The molecule has 2 amide bonds. The number of carbonyl (C=O) groups is 2. The van der Waals surface area contributed by atoms with Crippen molar-refractivity contribution < 1.29 is 14.3 Å². The number of benzene rings is 2. The Hall–Kier alpha value is -3.19. The molecule has 0 fully saturated rings. The highest BCUT2D eigenvalue weighted by Crippen LogP contribution is 2.31. The van der Waals surface area contributed by atoms with Crippen molar-refractivity contribution in [3.05, 3.63) is 59.0 Å². The van der Waals surface area contributed by atoms with Crippen molar-refractivity contribution in [3.63, 3.8) is 0 Å². The maximum absolute atomic E-state index is 12.4. The van der Waals surface area contributed by atoms with E-state index in [0.29, 0.717) is 23.1 Å². The van der Waals surface area contributed by atoms with Gasteiger partial charge in [-0.1, -0.05) is 24.3 Å². The molecule has 0 atom stereocenters. The van der Waals surface area contributed by atoms with Gasteiger partial charge in [-0.25, -0.2) is 4.98 Å². The first-order valence-electron chi connectivity index (χ1n) is 9.36. The molecule has 1 N–H and O–H groups in total. The zero-order valence-electron chi connectivity index (χ0n) is 16.3. The minimum atomic E-state index is -0.178. The summed E-state index contributed by atoms with van der Waals surface area (Å²) in [5.41, 5.74) is 5.00. The molecule has 2 heterocycles. The van der Waals surface area contributed by atoms with Crippen molar-refractivity contribution in [2.45, 2.75) is 20.3 Å². The number of rotatable bonds is 5. The zero-order chi connectivity index (χ0) is 20.4. The lowest BCUT2D eigenvalue weighted by atomic mass is 10.1. The van der Waals surface area contributed by atoms with Crippen LogP contribution in [0.4, 0.5) is 10.8 Å². The number of fused-ring (bicyclic) bond motifs is 1. The number of anilines is 2. The monoisotopic (exact) mass is 407 g/mol. The SMILES string of the molecule is Cc1ccc(-c2csc(NC(=O)CCN3C(=O)COc4ccccc43)n2)cc1C. The summed E-state index contributed by atoms with van der Waals surface area (Å²) in [5.74, 6) is 0.330. The average molecular weight is 407 g/mol. The number of aryl methyl sites for hydroxylation is 2. The predicted octanol–water partition coefficient (Wildman–Crippen LogP) is 4.18. The minimum absolute atomic E-state index is 0.00948. The van der Waals surface area contributed by atoms with Crippen LogP contribution in [0.3, 0.4) is 0 Å². The Kier molecular flexibility index (Phi) is 5.31. The topological polar surface area (TPSA) is 71.5 Å². The average Bonchev–Trinajstić information content (AvgIpc) is 3.17. The van der Waals surface area contributed by atoms with Crippen molar-refractivity contribution in [2.75, 3.05) is 23.4 Å². The number of carbonyl (C=O) groups excluding carboxylic acids is 2. The molecular formula is C22H21N3O3S. The van der Waals surface area contributed by atoms with Crippen molar-refractivity contribution in [3.8, 4) is 17.0 Å². The number of hydrogen-bond donors (Lipinski definition) is 1. The second-order valence-corrected chi connectivity index (χ2v) is 7.79. The van der Waals surface area contributed by atoms with Crippen LogP contribution in [0.15, 0.2) is 47.8 Å². The van der Waals surface area contributed by atoms with Gasteiger partial charge in [-0.3, -0.25) is 9.59 Å². The Morgan fingerprint density at radius 2 is 2.03 bits per heavy atom. The van der Waals surface area contributed by atoms with Gasteiger partial charge in [-0.15, -0.1) is 11.3 Å². The summed E-state index contributed by atoms with van der Waals surface area (Å²) in [6, 6.07) is 13.5. The molecular weight excluding hydrogens is 386 g/mol. The first-order chi connectivity index (χ1) is 14.0. The van der Waals surface area contributed by atoms with Crippen LogP contribution < -0.4 is 15.0 Å². The van der Waals surface area contributed by atoms with E-state index >= 15 is 0 Å². The Bertz CT molecular complexity index is 1080. The standard InChI is InChI=1S/C22H21N3O3S/c1-14-7-8-16(11-15(14)2)17-13-29-22(23-17)24-20(26)9-10-25-18-5-3-4-6-19(18)28-12-21(25)27/h3-8,11,13H,9-10,12H2,1-2H3,(H,23,24,26). The fraction of sp³-hybridized carbons (Fsp3) is 0.227. The third-order valence-corrected chi connectivity index (χ3v) is 5.68. The number of hydrogen-bond acceptors (Lipinski definition) is 5. The van der Waals surface area contributed by atoms with Crippen LogP contribution in [0.5, 0.6) is 5.75 Å². The zero-order valence-corrected chi connectivity index (χ0v) is 17.1. The Morgan fingerprint density at radius 3 is 2.86 bits per heavy atom. The molecule has 1 aliphatic rings. The van der Waals surface area contributed by atoms with Crippen LogP contribution in [0, 0.1) is 13.8 Å². The van der Waals surface area contributed by atoms with Gasteiger partial charge in [0.05, 0.1) is 11.4 Å². The van der Waals surface area contributed by atoms with Crippen LogP contribution in [0.2, 0.25) is 0 Å². The van der Waals surface area contributed by atoms with E-state index in [1.165, 1.54) is 22.5 Å². The van der Waals surface area contributed by atoms with Crippen LogP contribution >= 0.6 is 11.3 Å². The van der Waals surface area contributed by atoms with Gasteiger partial charge in [0.25, 0.3) is 5.91 Å². The molecule has 0 saturated heterocycles. The maximum Gasteiger partial charge on any atom is 0.265 e. The summed E-state index contributed by atoms with van der Waals surface area (Å²) < 4.78 is 5.43. The second-order valence-electron chi connectivity index (χ2n) is 6.94. The Morgan fingerprint density at radius 1 is 1.21 bits per heavy atom. The Labute approximate surface area is 173 Å². The number of aromatic nitrogens is 1. The van der Waals surface area contributed by atoms with E-state index in [4.69, 9.17) is 4.74 Å². The second kappa shape index (κ2) is 8.05. The Balaban J connectivity index is 1.39. The van der Waals surface area contributed by atoms with Crippen molar-refractivity contribution in [1.29, 1.82) is 0 Å². The van der Waals surface area contributed by atoms with E-state index in [9.17, 15) is 9.59 Å². The molecule has 3 aromatic rings. The summed E-state index contributed by atoms with van der Waals surface area (Å²) >= 11 is 1.39. The molecule has 6 nitrogen and oxygen atoms in total. The van der Waals surface area contributed by atoms with Gasteiger partial charge in [0.15, 0.2) is 11.7 Å². The molecule has 1 aromatic heterocycles. The van der Waals surface area contributed by atoms with Crippen molar-refractivity contribution >= 4 is 34.0 Å². The van der Waals surface area contributed by atoms with E-state index in [-0.39, 0.29) is 24.8 Å². The lowest BCUT2D eigenvalue weighted by molar-refractivity contribution is -0.121. The molecule has 7 heteroatoms. The van der Waals surface area contributed by atoms with Crippen LogP contribution in [0.1, 0.15) is 17.5 Å². The van der Waals surface area contributed by atoms with Crippen LogP contribution in [0.25, 0.3) is 11.3 Å². The molecule has 0 aliphatic carbocycles. The summed E-state index contributed by atoms with van der Waals surface area (Å²) in [7, 11) is 0. The number of nitrogens with zero attached hydrogens (tertiary/aromatic N) is 2. The summed E-state index contributed by atoms with van der Waals surface area (Å²) in [4.78, 5) is 30.7. The van der Waals surface area contributed by atoms with Crippen molar-refractivity contribution in [2.24, 2.45) is 0 Å². The van der Waals surface area contributed by atoms with E-state index in [1.54, 1.807) is 4.90 Å². The first kappa shape index (κ1) is 19.1. The van der Waals surface area contributed by atoms with Gasteiger partial charge >= 0.3 is 0 Å². The first-order valence-corrected chi connectivity index (χ1v) is 10.2. The molecule has 0 radical (unpaired) electrons. The minimum Gasteiger partial charge on any atom is -0.482 e. The number of ether oxygens (including phenoxy) is 1. The molecule has 4 rings (SSSR count). The quantitative estimate of drug-likeness (QED) is 0.689. The van der Waals surface area contributed by atoms with Gasteiger partial charge in [-0.05, 0) is 43.2 Å². The molecule has 2 aromatic carbocycles. The van der Waals surface area contributed by atoms with Gasteiger partial charge in [-0.2, -0.15) is 0 Å². The fourth-order valence-electron chi connectivity index (χ4n) is 3.16. The third-order valence-electron chi connectivity index (χ3n) is 4.92. The number of thiazole rings is 1. The number of nitrogens with one attached hydrogen (secondary N) is 1. The molecule has 148 valence electrons. The largest absolute Gasteiger partial charge is 0.482 e. The molecule has 0 saturated carbocycles. The van der Waals surface area contributed by atoms with Gasteiger partial charge in [0.2, 0.25) is 5.91 Å². The fourth-order valence-corrected chi connectivity index (χ4v) is 3.89. The lowest BCUT2D eigenvalue weighted by Gasteiger charge is -2.29. The van der Waals surface area contributed by atoms with E-state index in [0.717, 1.165) is 11.3 Å². The molecule has 29 heavy (non-hydrogen) atoms. The smallest absolute Gasteiger partial charge is 0.265 e. The number of para-hydroxylation sites is 2. The van der Waals surface area contributed by atoms with E-state index < -0.39 is 0 Å². The maximum atomic E-state index is 12.4. The van der Waals surface area contributed by atoms with Crippen LogP contribution in [-0.2, 0) is 9.59 Å². The highest BCUT2D eigenvalue weighted by atomic mass is 32.1. The van der Waals surface area contributed by atoms with Crippen molar-refractivity contribution in [1.82, 2.24) is 4.98 Å². The highest BCUT2D eigenvalue weighted by Gasteiger charge is 2.25. The van der Waals surface area contributed by atoms with Gasteiger partial charge in [0.1, 0.15) is 5.75 Å². The van der Waals surface area contributed by atoms with Gasteiger partial charge in [0, 0.05) is 23.9 Å². The summed E-state index contributed by atoms with van der Waals surface area (Å²) in [5, 5.41) is 5.32. The van der Waals surface area contributed by atoms with E-state index in [2.05, 4.69) is 36.3 Å². The molecule has 0 unspecified atom stereocenters. The number of amides is 2. The highest BCUT2D eigenvalue weighted by molar-refractivity contribution is 7.14. The molecule has 0 spiro atoms. The summed E-state index contributed by atoms with van der Waals surface area (Å²) in [6.07, 6.45) is 0.179. The third kappa shape index (κ3) is 4.14. The lowest BCUT2D eigenvalue weighted by Crippen LogP contribution is -2.40. The normalized spacial score (nSPS) is 13.0. The molecule has 1 aliphatic heterocycles. The van der Waals surface area contributed by atoms with Gasteiger partial charge < -0.3 is 15.0 Å². The predicted molar refractivity (Wildman–Crippen MR) is 115 cm³/mol.